The number of aromatic amines is 1. The summed E-state index contributed by atoms with van der Waals surface area (Å²) in [5.74, 6) is 3.89. The Kier molecular flexibility index (Phi) is 5.08. The fraction of sp³-hybridized carbons (Fsp3) is 0.391. The number of nitrogens with zero attached hydrogens (tertiary/aromatic N) is 7. The van der Waals surface area contributed by atoms with Crippen molar-refractivity contribution in [2.45, 2.75) is 44.6 Å². The van der Waals surface area contributed by atoms with Crippen molar-refractivity contribution in [1.29, 1.82) is 0 Å². The third-order valence-electron chi connectivity index (χ3n) is 6.18. The maximum absolute atomic E-state index is 5.74. The zero-order valence-electron chi connectivity index (χ0n) is 19.0. The van der Waals surface area contributed by atoms with Gasteiger partial charge in [-0.05, 0) is 32.6 Å². The zero-order chi connectivity index (χ0) is 23.1. The first-order chi connectivity index (χ1) is 16.7. The van der Waals surface area contributed by atoms with Crippen LogP contribution in [0, 0.1) is 6.92 Å². The van der Waals surface area contributed by atoms with Crippen LogP contribution in [0.5, 0.6) is 5.88 Å². The molecule has 5 heterocycles. The Morgan fingerprint density at radius 1 is 1.09 bits per heavy atom. The Hall–Kier alpha value is -4.02. The SMILES string of the molecule is COc1nccnc1-c1cc(C2CCCN2c2nc(C)cc(Nc3cc(C4CC4)[nH]n3)n2)on1. The summed E-state index contributed by atoms with van der Waals surface area (Å²) in [5, 5.41) is 15.1. The number of hydrogen-bond donors (Lipinski definition) is 2. The molecule has 0 radical (unpaired) electrons. The maximum atomic E-state index is 5.74. The molecule has 1 unspecified atom stereocenters. The Morgan fingerprint density at radius 3 is 2.82 bits per heavy atom. The molecule has 1 aliphatic carbocycles. The lowest BCUT2D eigenvalue weighted by atomic mass is 10.1. The predicted molar refractivity (Wildman–Crippen MR) is 124 cm³/mol. The van der Waals surface area contributed by atoms with Gasteiger partial charge in [0.1, 0.15) is 11.5 Å². The quantitative estimate of drug-likeness (QED) is 0.419. The van der Waals surface area contributed by atoms with Gasteiger partial charge in [-0.2, -0.15) is 10.1 Å². The molecule has 11 heteroatoms. The average molecular weight is 460 g/mol. The van der Waals surface area contributed by atoms with Gasteiger partial charge in [-0.15, -0.1) is 0 Å². The van der Waals surface area contributed by atoms with Crippen LogP contribution in [0.3, 0.4) is 0 Å². The van der Waals surface area contributed by atoms with E-state index in [0.717, 1.165) is 36.7 Å². The Labute approximate surface area is 196 Å². The van der Waals surface area contributed by atoms with Gasteiger partial charge >= 0.3 is 0 Å². The summed E-state index contributed by atoms with van der Waals surface area (Å²) in [6.45, 7) is 2.79. The van der Waals surface area contributed by atoms with Crippen LogP contribution in [0.1, 0.15) is 54.8 Å². The molecular formula is C23H25N9O2. The van der Waals surface area contributed by atoms with Crippen molar-refractivity contribution in [3.63, 3.8) is 0 Å². The molecule has 2 aliphatic rings. The number of nitrogens with one attached hydrogen (secondary N) is 2. The molecule has 0 bridgehead atoms. The largest absolute Gasteiger partial charge is 0.479 e. The van der Waals surface area contributed by atoms with Gasteiger partial charge in [0.2, 0.25) is 11.8 Å². The Bertz CT molecular complexity index is 1310. The fourth-order valence-electron chi connectivity index (χ4n) is 4.39. The second kappa shape index (κ2) is 8.40. The summed E-state index contributed by atoms with van der Waals surface area (Å²) >= 11 is 0. The van der Waals surface area contributed by atoms with Crippen LogP contribution in [0.4, 0.5) is 17.6 Å². The van der Waals surface area contributed by atoms with Crippen LogP contribution in [0.15, 0.2) is 35.1 Å². The molecule has 0 aromatic carbocycles. The number of H-pyrrole nitrogens is 1. The summed E-state index contributed by atoms with van der Waals surface area (Å²) in [7, 11) is 1.56. The minimum Gasteiger partial charge on any atom is -0.479 e. The second-order valence-corrected chi connectivity index (χ2v) is 8.68. The molecule has 1 saturated heterocycles. The highest BCUT2D eigenvalue weighted by atomic mass is 16.5. The van der Waals surface area contributed by atoms with Crippen molar-refractivity contribution in [3.05, 3.63) is 47.7 Å². The number of methoxy groups -OCH3 is 1. The molecule has 2 fully saturated rings. The third kappa shape index (κ3) is 3.93. The van der Waals surface area contributed by atoms with Crippen LogP contribution in [-0.4, -0.2) is 48.9 Å². The number of rotatable bonds is 7. The molecule has 34 heavy (non-hydrogen) atoms. The molecule has 11 nitrogen and oxygen atoms in total. The third-order valence-corrected chi connectivity index (χ3v) is 6.18. The van der Waals surface area contributed by atoms with E-state index in [9.17, 15) is 0 Å². The normalized spacial score (nSPS) is 17.8. The van der Waals surface area contributed by atoms with E-state index in [4.69, 9.17) is 19.2 Å². The van der Waals surface area contributed by atoms with E-state index in [1.165, 1.54) is 18.5 Å². The lowest BCUT2D eigenvalue weighted by Crippen LogP contribution is -2.25. The van der Waals surface area contributed by atoms with Crippen LogP contribution in [0.2, 0.25) is 0 Å². The van der Waals surface area contributed by atoms with Gasteiger partial charge in [0.15, 0.2) is 17.3 Å². The summed E-state index contributed by atoms with van der Waals surface area (Å²) in [6.07, 6.45) is 7.55. The minimum atomic E-state index is -0.0228. The Balaban J connectivity index is 1.25. The fourth-order valence-corrected chi connectivity index (χ4v) is 4.39. The van der Waals surface area contributed by atoms with Gasteiger partial charge in [-0.25, -0.2) is 15.0 Å². The minimum absolute atomic E-state index is 0.0228. The van der Waals surface area contributed by atoms with Crippen molar-refractivity contribution in [3.8, 4) is 17.3 Å². The number of anilines is 3. The maximum Gasteiger partial charge on any atom is 0.242 e. The Morgan fingerprint density at radius 2 is 1.97 bits per heavy atom. The molecule has 1 saturated carbocycles. The van der Waals surface area contributed by atoms with E-state index in [0.29, 0.717) is 35.0 Å². The first-order valence-corrected chi connectivity index (χ1v) is 11.4. The lowest BCUT2D eigenvalue weighted by Gasteiger charge is -2.23. The zero-order valence-corrected chi connectivity index (χ0v) is 19.0. The molecule has 2 N–H and O–H groups in total. The molecule has 0 amide bonds. The second-order valence-electron chi connectivity index (χ2n) is 8.68. The highest BCUT2D eigenvalue weighted by Gasteiger charge is 2.32. The molecule has 4 aromatic heterocycles. The van der Waals surface area contributed by atoms with Gasteiger partial charge in [0.25, 0.3) is 0 Å². The van der Waals surface area contributed by atoms with Crippen LogP contribution in [-0.2, 0) is 0 Å². The number of ether oxygens (including phenoxy) is 1. The van der Waals surface area contributed by atoms with Gasteiger partial charge in [-0.3, -0.25) is 5.10 Å². The molecule has 1 aliphatic heterocycles. The van der Waals surface area contributed by atoms with Gasteiger partial charge in [-0.1, -0.05) is 5.16 Å². The molecular weight excluding hydrogens is 434 g/mol. The molecule has 0 spiro atoms. The van der Waals surface area contributed by atoms with E-state index in [1.54, 1.807) is 19.5 Å². The van der Waals surface area contributed by atoms with E-state index < -0.39 is 0 Å². The standard InChI is InChI=1S/C23H25N9O2/c1-13-10-19(27-20-12-15(29-30-20)14-5-6-14)28-23(26-13)32-9-3-4-17(32)18-11-16(31-34-18)21-22(33-2)25-8-7-24-21/h7-8,10-12,14,17H,3-6,9H2,1-2H3,(H2,26,27,28,29,30). The van der Waals surface area contributed by atoms with Crippen LogP contribution < -0.4 is 15.0 Å². The summed E-state index contributed by atoms with van der Waals surface area (Å²) < 4.78 is 11.1. The van der Waals surface area contributed by atoms with E-state index in [1.807, 2.05) is 19.1 Å². The lowest BCUT2D eigenvalue weighted by molar-refractivity contribution is 0.361. The highest BCUT2D eigenvalue weighted by molar-refractivity contribution is 5.60. The first kappa shape index (κ1) is 20.6. The van der Waals surface area contributed by atoms with Crippen LogP contribution >= 0.6 is 0 Å². The van der Waals surface area contributed by atoms with Crippen molar-refractivity contribution in [2.24, 2.45) is 0 Å². The molecule has 6 rings (SSSR count). The predicted octanol–water partition coefficient (Wildman–Crippen LogP) is 3.92. The van der Waals surface area contributed by atoms with E-state index in [-0.39, 0.29) is 6.04 Å². The van der Waals surface area contributed by atoms with Crippen LogP contribution in [0.25, 0.3) is 11.4 Å². The monoisotopic (exact) mass is 459 g/mol. The summed E-state index contributed by atoms with van der Waals surface area (Å²) in [5.41, 5.74) is 3.18. The molecule has 174 valence electrons. The van der Waals surface area contributed by atoms with Gasteiger partial charge < -0.3 is 19.5 Å². The van der Waals surface area contributed by atoms with Crippen molar-refractivity contribution in [2.75, 3.05) is 23.9 Å². The molecule has 1 atom stereocenters. The highest BCUT2D eigenvalue weighted by Crippen LogP contribution is 2.40. The van der Waals surface area contributed by atoms with Gasteiger partial charge in [0.05, 0.1) is 13.2 Å². The van der Waals surface area contributed by atoms with Crippen molar-refractivity contribution in [1.82, 2.24) is 35.3 Å². The van der Waals surface area contributed by atoms with Crippen molar-refractivity contribution >= 4 is 17.6 Å². The smallest absolute Gasteiger partial charge is 0.242 e. The number of aromatic nitrogens is 7. The van der Waals surface area contributed by atoms with Gasteiger partial charge in [0, 0.05) is 54.4 Å². The average Bonchev–Trinajstić information content (AvgIpc) is 3.23. The topological polar surface area (TPSA) is 131 Å². The van der Waals surface area contributed by atoms with E-state index >= 15 is 0 Å². The van der Waals surface area contributed by atoms with Crippen molar-refractivity contribution < 1.29 is 9.26 Å². The summed E-state index contributed by atoms with van der Waals surface area (Å²) in [6, 6.07) is 5.86. The number of hydrogen-bond acceptors (Lipinski definition) is 10. The number of aryl methyl sites for hydroxylation is 1. The first-order valence-electron chi connectivity index (χ1n) is 11.4. The summed E-state index contributed by atoms with van der Waals surface area (Å²) in [4.78, 5) is 20.2. The van der Waals surface area contributed by atoms with E-state index in [2.05, 4.69) is 41.6 Å². The molecule has 4 aromatic rings.